The van der Waals surface area contributed by atoms with Crippen molar-refractivity contribution in [1.29, 1.82) is 5.41 Å². The molecule has 0 saturated carbocycles. The zero-order valence-corrected chi connectivity index (χ0v) is 10.5. The van der Waals surface area contributed by atoms with Crippen LogP contribution in [-0.4, -0.2) is 19.2 Å². The summed E-state index contributed by atoms with van der Waals surface area (Å²) in [5.74, 6) is 0.996. The number of methoxy groups -OCH3 is 1. The maximum atomic E-state index is 7.35. The average Bonchev–Trinajstić information content (AvgIpc) is 2.31. The van der Waals surface area contributed by atoms with Crippen LogP contribution >= 0.6 is 11.6 Å². The molecule has 1 rings (SSSR count). The predicted molar refractivity (Wildman–Crippen MR) is 72.1 cm³/mol. The van der Waals surface area contributed by atoms with Crippen LogP contribution in [0.4, 0.5) is 0 Å². The summed E-state index contributed by atoms with van der Waals surface area (Å²) < 4.78 is 5.11. The molecule has 4 nitrogen and oxygen atoms in total. The lowest BCUT2D eigenvalue weighted by molar-refractivity contribution is 0.415. The fourth-order valence-corrected chi connectivity index (χ4v) is 1.40. The van der Waals surface area contributed by atoms with Gasteiger partial charge in [0.1, 0.15) is 5.75 Å². The van der Waals surface area contributed by atoms with Crippen molar-refractivity contribution < 1.29 is 4.74 Å². The number of amidine groups is 1. The number of hydrogen-bond donors (Lipinski definition) is 2. The molecule has 0 aliphatic carbocycles. The summed E-state index contributed by atoms with van der Waals surface area (Å²) in [6.07, 6.45) is 2.74. The highest BCUT2D eigenvalue weighted by Crippen LogP contribution is 2.27. The zero-order valence-electron chi connectivity index (χ0n) is 9.70. The van der Waals surface area contributed by atoms with E-state index in [-0.39, 0.29) is 0 Å². The molecule has 0 aliphatic rings. The van der Waals surface area contributed by atoms with Crippen molar-refractivity contribution in [1.82, 2.24) is 0 Å². The Balaban J connectivity index is 3.17. The van der Waals surface area contributed by atoms with Gasteiger partial charge >= 0.3 is 0 Å². The number of halogens is 1. The number of allylic oxidation sites excluding steroid dienone is 1. The Hall–Kier alpha value is -1.81. The lowest BCUT2D eigenvalue weighted by Gasteiger charge is -2.06. The van der Waals surface area contributed by atoms with Crippen molar-refractivity contribution in [3.63, 3.8) is 0 Å². The standard InChI is InChI=1S/C12H14ClN3O/c1-8(15)16-7-10(6-14)9-3-4-11(13)12(5-9)17-2/h3-7,14H,1-2H3,(H2,15,16)/b10-7+,14-6?. The van der Waals surface area contributed by atoms with Gasteiger partial charge in [-0.1, -0.05) is 17.7 Å². The van der Waals surface area contributed by atoms with E-state index in [2.05, 4.69) is 4.99 Å². The van der Waals surface area contributed by atoms with Crippen LogP contribution in [0.2, 0.25) is 5.02 Å². The van der Waals surface area contributed by atoms with E-state index in [0.29, 0.717) is 22.2 Å². The highest BCUT2D eigenvalue weighted by atomic mass is 35.5. The van der Waals surface area contributed by atoms with E-state index < -0.39 is 0 Å². The largest absolute Gasteiger partial charge is 0.495 e. The minimum Gasteiger partial charge on any atom is -0.495 e. The Morgan fingerprint density at radius 2 is 2.24 bits per heavy atom. The summed E-state index contributed by atoms with van der Waals surface area (Å²) in [5, 5.41) is 7.87. The fraction of sp³-hybridized carbons (Fsp3) is 0.167. The van der Waals surface area contributed by atoms with Gasteiger partial charge in [-0.25, -0.2) is 4.99 Å². The summed E-state index contributed by atoms with van der Waals surface area (Å²) in [7, 11) is 1.54. The monoisotopic (exact) mass is 251 g/mol. The first kappa shape index (κ1) is 13.3. The van der Waals surface area contributed by atoms with Gasteiger partial charge in [-0.3, -0.25) is 0 Å². The van der Waals surface area contributed by atoms with Gasteiger partial charge < -0.3 is 15.9 Å². The third-order valence-corrected chi connectivity index (χ3v) is 2.36. The third-order valence-electron chi connectivity index (χ3n) is 2.05. The number of aliphatic imine (C=N–C) groups is 1. The molecule has 0 aromatic heterocycles. The summed E-state index contributed by atoms with van der Waals surface area (Å²) in [6.45, 7) is 1.68. The summed E-state index contributed by atoms with van der Waals surface area (Å²) in [6, 6.07) is 5.26. The molecule has 0 saturated heterocycles. The second-order valence-electron chi connectivity index (χ2n) is 3.35. The van der Waals surface area contributed by atoms with Crippen molar-refractivity contribution >= 4 is 29.2 Å². The van der Waals surface area contributed by atoms with Crippen LogP contribution in [0, 0.1) is 5.41 Å². The number of benzene rings is 1. The Labute approximate surface area is 105 Å². The number of rotatable bonds is 4. The van der Waals surface area contributed by atoms with Crippen molar-refractivity contribution in [2.75, 3.05) is 7.11 Å². The molecule has 0 atom stereocenters. The molecule has 0 bridgehead atoms. The summed E-state index contributed by atoms with van der Waals surface area (Å²) in [4.78, 5) is 3.96. The van der Waals surface area contributed by atoms with E-state index >= 15 is 0 Å². The number of nitrogens with one attached hydrogen (secondary N) is 1. The Kier molecular flexibility index (Phi) is 4.72. The van der Waals surface area contributed by atoms with Crippen LogP contribution in [0.25, 0.3) is 5.57 Å². The normalized spacial score (nSPS) is 12.4. The van der Waals surface area contributed by atoms with Gasteiger partial charge in [0.15, 0.2) is 0 Å². The molecule has 0 spiro atoms. The fourth-order valence-electron chi connectivity index (χ4n) is 1.21. The maximum absolute atomic E-state index is 7.35. The number of ether oxygens (including phenoxy) is 1. The van der Waals surface area contributed by atoms with Crippen molar-refractivity contribution in [3.8, 4) is 5.75 Å². The van der Waals surface area contributed by atoms with E-state index in [1.54, 1.807) is 32.2 Å². The van der Waals surface area contributed by atoms with Gasteiger partial charge in [0, 0.05) is 18.0 Å². The van der Waals surface area contributed by atoms with Crippen LogP contribution < -0.4 is 10.5 Å². The minimum absolute atomic E-state index is 0.435. The van der Waals surface area contributed by atoms with E-state index in [9.17, 15) is 0 Å². The zero-order chi connectivity index (χ0) is 12.8. The van der Waals surface area contributed by atoms with Crippen LogP contribution in [-0.2, 0) is 0 Å². The Morgan fingerprint density at radius 3 is 2.76 bits per heavy atom. The Bertz CT molecular complexity index is 477. The van der Waals surface area contributed by atoms with Gasteiger partial charge in [0.25, 0.3) is 0 Å². The lowest BCUT2D eigenvalue weighted by Crippen LogP contribution is -2.03. The van der Waals surface area contributed by atoms with E-state index in [1.807, 2.05) is 0 Å². The molecule has 17 heavy (non-hydrogen) atoms. The molecule has 3 N–H and O–H groups in total. The lowest BCUT2D eigenvalue weighted by atomic mass is 10.1. The smallest absolute Gasteiger partial charge is 0.138 e. The van der Waals surface area contributed by atoms with Crippen molar-refractivity contribution in [2.24, 2.45) is 10.7 Å². The van der Waals surface area contributed by atoms with Crippen LogP contribution in [0.1, 0.15) is 12.5 Å². The molecular weight excluding hydrogens is 238 g/mol. The first-order chi connectivity index (χ1) is 8.08. The Morgan fingerprint density at radius 1 is 1.53 bits per heavy atom. The molecule has 0 unspecified atom stereocenters. The quantitative estimate of drug-likeness (QED) is 0.638. The topological polar surface area (TPSA) is 71.5 Å². The first-order valence-corrected chi connectivity index (χ1v) is 5.30. The second-order valence-corrected chi connectivity index (χ2v) is 3.76. The maximum Gasteiger partial charge on any atom is 0.138 e. The summed E-state index contributed by atoms with van der Waals surface area (Å²) in [5.41, 5.74) is 6.87. The SMILES string of the molecule is COc1cc(/C(C=N)=C/N=C(C)N)ccc1Cl. The highest BCUT2D eigenvalue weighted by Gasteiger charge is 2.04. The average molecular weight is 252 g/mol. The van der Waals surface area contributed by atoms with Gasteiger partial charge in [-0.2, -0.15) is 0 Å². The van der Waals surface area contributed by atoms with Gasteiger partial charge in [0.2, 0.25) is 0 Å². The molecular formula is C12H14ClN3O. The molecule has 1 aromatic carbocycles. The van der Waals surface area contributed by atoms with Gasteiger partial charge in [-0.15, -0.1) is 0 Å². The number of nitrogens with zero attached hydrogens (tertiary/aromatic N) is 1. The molecule has 0 fully saturated rings. The first-order valence-electron chi connectivity index (χ1n) is 4.93. The van der Waals surface area contributed by atoms with Gasteiger partial charge in [-0.05, 0) is 24.6 Å². The molecule has 0 radical (unpaired) electrons. The van der Waals surface area contributed by atoms with Crippen LogP contribution in [0.5, 0.6) is 5.75 Å². The number of nitrogens with two attached hydrogens (primary N) is 1. The molecule has 1 aromatic rings. The molecule has 90 valence electrons. The second kappa shape index (κ2) is 6.06. The van der Waals surface area contributed by atoms with E-state index in [0.717, 1.165) is 5.56 Å². The van der Waals surface area contributed by atoms with Crippen molar-refractivity contribution in [2.45, 2.75) is 6.92 Å². The van der Waals surface area contributed by atoms with Crippen LogP contribution in [0.15, 0.2) is 29.4 Å². The predicted octanol–water partition coefficient (Wildman–Crippen LogP) is 2.72. The third kappa shape index (κ3) is 3.60. The highest BCUT2D eigenvalue weighted by molar-refractivity contribution is 6.32. The van der Waals surface area contributed by atoms with Gasteiger partial charge in [0.05, 0.1) is 18.0 Å². The molecule has 0 amide bonds. The van der Waals surface area contributed by atoms with E-state index in [1.165, 1.54) is 12.4 Å². The molecule has 0 aliphatic heterocycles. The number of hydrogen-bond acceptors (Lipinski definition) is 3. The van der Waals surface area contributed by atoms with Crippen LogP contribution in [0.3, 0.4) is 0 Å². The summed E-state index contributed by atoms with van der Waals surface area (Å²) >= 11 is 5.92. The molecule has 5 heteroatoms. The minimum atomic E-state index is 0.435. The van der Waals surface area contributed by atoms with Crippen molar-refractivity contribution in [3.05, 3.63) is 35.0 Å². The van der Waals surface area contributed by atoms with E-state index in [4.69, 9.17) is 27.5 Å². The molecule has 0 heterocycles.